The lowest BCUT2D eigenvalue weighted by Gasteiger charge is -2.23. The number of thiazole rings is 1. The van der Waals surface area contributed by atoms with Crippen LogP contribution in [-0.2, 0) is 9.59 Å². The molecule has 1 aromatic heterocycles. The van der Waals surface area contributed by atoms with Crippen LogP contribution in [0.3, 0.4) is 0 Å². The maximum absolute atomic E-state index is 12.3. The van der Waals surface area contributed by atoms with Crippen molar-refractivity contribution in [3.63, 3.8) is 0 Å². The summed E-state index contributed by atoms with van der Waals surface area (Å²) < 4.78 is 11.2. The Hall–Kier alpha value is -3.39. The fourth-order valence-corrected chi connectivity index (χ4v) is 3.73. The second-order valence-electron chi connectivity index (χ2n) is 7.10. The summed E-state index contributed by atoms with van der Waals surface area (Å²) in [5.74, 6) is 0.849. The Morgan fingerprint density at radius 2 is 2.10 bits per heavy atom. The smallest absolute Gasteiger partial charge is 0.265 e. The molecule has 2 aromatic carbocycles. The average Bonchev–Trinajstić information content (AvgIpc) is 3.17. The Bertz CT molecular complexity index is 1130. The van der Waals surface area contributed by atoms with Crippen molar-refractivity contribution in [1.82, 2.24) is 4.98 Å². The number of nitrogens with one attached hydrogen (secondary N) is 2. The van der Waals surface area contributed by atoms with E-state index in [1.54, 1.807) is 13.0 Å². The van der Waals surface area contributed by atoms with Gasteiger partial charge in [0.25, 0.3) is 11.8 Å². The normalized spacial score (nSPS) is 15.0. The number of fused-ring (bicyclic) bond motifs is 1. The predicted molar refractivity (Wildman–Crippen MR) is 116 cm³/mol. The van der Waals surface area contributed by atoms with Gasteiger partial charge in [-0.15, -0.1) is 11.3 Å². The summed E-state index contributed by atoms with van der Waals surface area (Å²) in [5.41, 5.74) is 4.16. The number of aryl methyl sites for hydroxylation is 2. The van der Waals surface area contributed by atoms with E-state index in [9.17, 15) is 9.59 Å². The molecule has 2 N–H and O–H groups in total. The van der Waals surface area contributed by atoms with Gasteiger partial charge in [0.2, 0.25) is 0 Å². The molecular weight excluding hydrogens is 402 g/mol. The SMILES string of the molecule is Cc1ccc(C)c(OCC(=O)Nc2nc(-c3ccc4c(c3)NC(=O)C(C)O4)cs2)c1. The molecule has 154 valence electrons. The average molecular weight is 423 g/mol. The van der Waals surface area contributed by atoms with E-state index in [1.165, 1.54) is 11.3 Å². The molecule has 0 aliphatic carbocycles. The van der Waals surface area contributed by atoms with E-state index in [0.717, 1.165) is 16.7 Å². The van der Waals surface area contributed by atoms with Gasteiger partial charge in [-0.2, -0.15) is 0 Å². The zero-order chi connectivity index (χ0) is 21.3. The fraction of sp³-hybridized carbons (Fsp3) is 0.227. The van der Waals surface area contributed by atoms with E-state index in [4.69, 9.17) is 9.47 Å². The number of aromatic nitrogens is 1. The number of carbonyl (C=O) groups is 2. The highest BCUT2D eigenvalue weighted by Crippen LogP contribution is 2.35. The van der Waals surface area contributed by atoms with Crippen molar-refractivity contribution in [3.05, 3.63) is 52.9 Å². The van der Waals surface area contributed by atoms with Crippen LogP contribution in [0.1, 0.15) is 18.1 Å². The van der Waals surface area contributed by atoms with E-state index < -0.39 is 6.10 Å². The van der Waals surface area contributed by atoms with Crippen LogP contribution < -0.4 is 20.1 Å². The van der Waals surface area contributed by atoms with Crippen molar-refractivity contribution in [1.29, 1.82) is 0 Å². The summed E-state index contributed by atoms with van der Waals surface area (Å²) in [4.78, 5) is 28.5. The molecule has 0 fully saturated rings. The van der Waals surface area contributed by atoms with Crippen molar-refractivity contribution in [2.75, 3.05) is 17.2 Å². The second-order valence-corrected chi connectivity index (χ2v) is 7.96. The minimum absolute atomic E-state index is 0.0976. The molecule has 2 amide bonds. The van der Waals surface area contributed by atoms with Crippen LogP contribution in [0, 0.1) is 13.8 Å². The van der Waals surface area contributed by atoms with Crippen LogP contribution >= 0.6 is 11.3 Å². The summed E-state index contributed by atoms with van der Waals surface area (Å²) in [5, 5.41) is 7.91. The Labute approximate surface area is 178 Å². The molecule has 0 radical (unpaired) electrons. The number of anilines is 2. The quantitative estimate of drug-likeness (QED) is 0.643. The number of carbonyl (C=O) groups excluding carboxylic acids is 2. The summed E-state index contributed by atoms with van der Waals surface area (Å²) in [6, 6.07) is 11.3. The molecule has 0 bridgehead atoms. The van der Waals surface area contributed by atoms with Crippen LogP contribution in [0.2, 0.25) is 0 Å². The molecule has 3 aromatic rings. The van der Waals surface area contributed by atoms with Gasteiger partial charge in [-0.05, 0) is 56.2 Å². The number of amides is 2. The number of hydrogen-bond donors (Lipinski definition) is 2. The molecule has 1 unspecified atom stereocenters. The number of ether oxygens (including phenoxy) is 2. The van der Waals surface area contributed by atoms with E-state index in [2.05, 4.69) is 15.6 Å². The fourth-order valence-electron chi connectivity index (χ4n) is 2.99. The maximum Gasteiger partial charge on any atom is 0.265 e. The summed E-state index contributed by atoms with van der Waals surface area (Å²) in [6.07, 6.45) is -0.518. The minimum atomic E-state index is -0.518. The topological polar surface area (TPSA) is 89.5 Å². The van der Waals surface area contributed by atoms with Gasteiger partial charge in [-0.3, -0.25) is 14.9 Å². The molecule has 8 heteroatoms. The predicted octanol–water partition coefficient (Wildman–Crippen LogP) is 4.16. The van der Waals surface area contributed by atoms with Crippen LogP contribution in [0.15, 0.2) is 41.8 Å². The van der Waals surface area contributed by atoms with Gasteiger partial charge in [0.15, 0.2) is 17.8 Å². The van der Waals surface area contributed by atoms with Gasteiger partial charge < -0.3 is 14.8 Å². The van der Waals surface area contributed by atoms with Crippen molar-refractivity contribution in [3.8, 4) is 22.8 Å². The van der Waals surface area contributed by atoms with E-state index in [1.807, 2.05) is 49.6 Å². The van der Waals surface area contributed by atoms with Crippen LogP contribution in [0.4, 0.5) is 10.8 Å². The van der Waals surface area contributed by atoms with E-state index >= 15 is 0 Å². The standard InChI is InChI=1S/C22H21N3O4S/c1-12-4-5-13(2)19(8-12)28-10-20(26)25-22-24-17(11-30-22)15-6-7-18-16(9-15)23-21(27)14(3)29-18/h4-9,11,14H,10H2,1-3H3,(H,23,27)(H,24,25,26). The molecule has 0 spiro atoms. The van der Waals surface area contributed by atoms with Crippen molar-refractivity contribution in [2.45, 2.75) is 26.9 Å². The zero-order valence-corrected chi connectivity index (χ0v) is 17.6. The highest BCUT2D eigenvalue weighted by atomic mass is 32.1. The summed E-state index contributed by atoms with van der Waals surface area (Å²) in [6.45, 7) is 5.51. The first-order chi connectivity index (χ1) is 14.4. The minimum Gasteiger partial charge on any atom is -0.483 e. The highest BCUT2D eigenvalue weighted by molar-refractivity contribution is 7.14. The van der Waals surface area contributed by atoms with Gasteiger partial charge in [0.05, 0.1) is 11.4 Å². The van der Waals surface area contributed by atoms with Gasteiger partial charge >= 0.3 is 0 Å². The van der Waals surface area contributed by atoms with Gasteiger partial charge in [0.1, 0.15) is 11.5 Å². The number of benzene rings is 2. The molecule has 30 heavy (non-hydrogen) atoms. The Balaban J connectivity index is 1.41. The van der Waals surface area contributed by atoms with Crippen LogP contribution in [-0.4, -0.2) is 29.5 Å². The van der Waals surface area contributed by atoms with Crippen molar-refractivity contribution in [2.24, 2.45) is 0 Å². The Morgan fingerprint density at radius 1 is 1.27 bits per heavy atom. The first-order valence-electron chi connectivity index (χ1n) is 9.46. The van der Waals surface area contributed by atoms with Crippen LogP contribution in [0.5, 0.6) is 11.5 Å². The number of rotatable bonds is 5. The van der Waals surface area contributed by atoms with Gasteiger partial charge in [-0.25, -0.2) is 4.98 Å². The van der Waals surface area contributed by atoms with Crippen molar-refractivity contribution < 1.29 is 19.1 Å². The van der Waals surface area contributed by atoms with E-state index in [-0.39, 0.29) is 18.4 Å². The van der Waals surface area contributed by atoms with E-state index in [0.29, 0.717) is 28.0 Å². The second kappa shape index (κ2) is 8.16. The zero-order valence-electron chi connectivity index (χ0n) is 16.8. The van der Waals surface area contributed by atoms with Crippen molar-refractivity contribution >= 4 is 34.0 Å². The lowest BCUT2D eigenvalue weighted by molar-refractivity contribution is -0.122. The first-order valence-corrected chi connectivity index (χ1v) is 10.3. The third-order valence-electron chi connectivity index (χ3n) is 4.66. The lowest BCUT2D eigenvalue weighted by Crippen LogP contribution is -2.34. The molecular formula is C22H21N3O4S. The molecule has 1 aliphatic rings. The lowest BCUT2D eigenvalue weighted by atomic mass is 10.1. The molecule has 0 saturated carbocycles. The molecule has 0 saturated heterocycles. The number of nitrogens with zero attached hydrogens (tertiary/aromatic N) is 1. The van der Waals surface area contributed by atoms with Gasteiger partial charge in [-0.1, -0.05) is 12.1 Å². The molecule has 2 heterocycles. The highest BCUT2D eigenvalue weighted by Gasteiger charge is 2.24. The molecule has 7 nitrogen and oxygen atoms in total. The summed E-state index contributed by atoms with van der Waals surface area (Å²) in [7, 11) is 0. The van der Waals surface area contributed by atoms with Gasteiger partial charge in [0, 0.05) is 10.9 Å². The third kappa shape index (κ3) is 4.28. The number of hydrogen-bond acceptors (Lipinski definition) is 6. The first kappa shape index (κ1) is 19.9. The Kier molecular flexibility index (Phi) is 5.41. The van der Waals surface area contributed by atoms with Crippen LogP contribution in [0.25, 0.3) is 11.3 Å². The molecule has 4 rings (SSSR count). The molecule has 1 aliphatic heterocycles. The summed E-state index contributed by atoms with van der Waals surface area (Å²) >= 11 is 1.32. The molecule has 1 atom stereocenters. The maximum atomic E-state index is 12.3. The monoisotopic (exact) mass is 423 g/mol. The largest absolute Gasteiger partial charge is 0.483 e. The third-order valence-corrected chi connectivity index (χ3v) is 5.42. The Morgan fingerprint density at radius 3 is 2.93 bits per heavy atom.